The number of fused-ring (bicyclic) bond motifs is 3. The lowest BCUT2D eigenvalue weighted by Crippen LogP contribution is -1.99. The van der Waals surface area contributed by atoms with Gasteiger partial charge in [0.15, 0.2) is 0 Å². The molecule has 3 aliphatic carbocycles. The van der Waals surface area contributed by atoms with Crippen molar-refractivity contribution >= 4 is 0 Å². The summed E-state index contributed by atoms with van der Waals surface area (Å²) in [7, 11) is 0. The summed E-state index contributed by atoms with van der Waals surface area (Å²) in [5.74, 6) is 5.69. The Kier molecular flexibility index (Phi) is 0.470. The highest BCUT2D eigenvalue weighted by Gasteiger charge is 2.92. The summed E-state index contributed by atoms with van der Waals surface area (Å²) >= 11 is 0. The average Bonchev–Trinajstić information content (AvgIpc) is 2.69. The molecule has 0 bridgehead atoms. The first-order chi connectivity index (χ1) is 4.22. The van der Waals surface area contributed by atoms with E-state index in [0.29, 0.717) is 0 Å². The van der Waals surface area contributed by atoms with Crippen LogP contribution in [0.2, 0.25) is 0 Å². The molecule has 0 amide bonds. The Morgan fingerprint density at radius 3 is 1.44 bits per heavy atom. The molecule has 0 radical (unpaired) electrons. The standard InChI is InChI=1S/C9H14/c1-4-7-8(4)9(7)5(2)6(9)3/h4-8H,1-3H3. The van der Waals surface area contributed by atoms with E-state index in [1.807, 2.05) is 0 Å². The predicted octanol–water partition coefficient (Wildman–Crippen LogP) is 2.15. The number of hydrogen-bond donors (Lipinski definition) is 0. The summed E-state index contributed by atoms with van der Waals surface area (Å²) in [5, 5.41) is 0. The molecule has 9 heavy (non-hydrogen) atoms. The van der Waals surface area contributed by atoms with Crippen LogP contribution < -0.4 is 0 Å². The Labute approximate surface area is 56.6 Å². The summed E-state index contributed by atoms with van der Waals surface area (Å²) in [4.78, 5) is 0. The molecule has 0 nitrogen and oxygen atoms in total. The van der Waals surface area contributed by atoms with Gasteiger partial charge in [0.05, 0.1) is 0 Å². The third-order valence-corrected chi connectivity index (χ3v) is 4.64. The van der Waals surface area contributed by atoms with E-state index in [-0.39, 0.29) is 0 Å². The predicted molar refractivity (Wildman–Crippen MR) is 36.9 cm³/mol. The Balaban J connectivity index is 1.87. The summed E-state index contributed by atoms with van der Waals surface area (Å²) in [6.07, 6.45) is 0. The fraction of sp³-hybridized carbons (Fsp3) is 1.00. The van der Waals surface area contributed by atoms with Crippen LogP contribution in [0.5, 0.6) is 0 Å². The van der Waals surface area contributed by atoms with Gasteiger partial charge in [0, 0.05) is 0 Å². The largest absolute Gasteiger partial charge is 0.0619 e. The lowest BCUT2D eigenvalue weighted by atomic mass is 10.0. The topological polar surface area (TPSA) is 0 Å². The zero-order chi connectivity index (χ0) is 6.39. The molecule has 0 heteroatoms. The smallest absolute Gasteiger partial charge is 0.0173 e. The molecule has 3 rings (SSSR count). The maximum atomic E-state index is 2.43. The molecule has 0 N–H and O–H groups in total. The van der Waals surface area contributed by atoms with Gasteiger partial charge in [-0.2, -0.15) is 0 Å². The van der Waals surface area contributed by atoms with E-state index in [4.69, 9.17) is 0 Å². The Morgan fingerprint density at radius 2 is 1.33 bits per heavy atom. The highest BCUT2D eigenvalue weighted by molar-refractivity contribution is 5.38. The molecule has 0 saturated heterocycles. The normalized spacial score (nSPS) is 82.3. The molecule has 4 unspecified atom stereocenters. The van der Waals surface area contributed by atoms with Crippen LogP contribution in [0.1, 0.15) is 20.8 Å². The van der Waals surface area contributed by atoms with Crippen LogP contribution in [0.4, 0.5) is 0 Å². The van der Waals surface area contributed by atoms with Crippen molar-refractivity contribution < 1.29 is 0 Å². The highest BCUT2D eigenvalue weighted by atomic mass is 15.0. The molecular weight excluding hydrogens is 108 g/mol. The SMILES string of the molecule is CC1C2C1C21C(C)C1C. The van der Waals surface area contributed by atoms with Crippen molar-refractivity contribution in [1.82, 2.24) is 0 Å². The second kappa shape index (κ2) is 0.889. The van der Waals surface area contributed by atoms with Crippen molar-refractivity contribution in [1.29, 1.82) is 0 Å². The maximum absolute atomic E-state index is 2.43. The fourth-order valence-corrected chi connectivity index (χ4v) is 3.79. The van der Waals surface area contributed by atoms with E-state index in [1.54, 1.807) is 0 Å². The van der Waals surface area contributed by atoms with E-state index in [9.17, 15) is 0 Å². The summed E-state index contributed by atoms with van der Waals surface area (Å²) in [6.45, 7) is 7.28. The van der Waals surface area contributed by atoms with Gasteiger partial charge in [-0.15, -0.1) is 0 Å². The maximum Gasteiger partial charge on any atom is -0.0173 e. The van der Waals surface area contributed by atoms with E-state index in [2.05, 4.69) is 20.8 Å². The summed E-state index contributed by atoms with van der Waals surface area (Å²) in [6, 6.07) is 0. The number of hydrogen-bond acceptors (Lipinski definition) is 0. The van der Waals surface area contributed by atoms with Gasteiger partial charge in [0.2, 0.25) is 0 Å². The van der Waals surface area contributed by atoms with Crippen molar-refractivity contribution in [3.8, 4) is 0 Å². The van der Waals surface area contributed by atoms with Crippen LogP contribution in [-0.4, -0.2) is 0 Å². The first kappa shape index (κ1) is 4.76. The molecule has 0 aromatic heterocycles. The quantitative estimate of drug-likeness (QED) is 0.462. The first-order valence-corrected chi connectivity index (χ1v) is 4.22. The molecule has 0 aromatic rings. The van der Waals surface area contributed by atoms with Crippen molar-refractivity contribution in [2.45, 2.75) is 20.8 Å². The Morgan fingerprint density at radius 1 is 0.889 bits per heavy atom. The number of rotatable bonds is 0. The third-order valence-electron chi connectivity index (χ3n) is 4.64. The second-order valence-electron chi connectivity index (χ2n) is 4.49. The molecular formula is C9H14. The zero-order valence-corrected chi connectivity index (χ0v) is 6.39. The Bertz CT molecular complexity index is 162. The molecule has 0 aliphatic heterocycles. The highest BCUT2D eigenvalue weighted by Crippen LogP contribution is 2.95. The van der Waals surface area contributed by atoms with Crippen LogP contribution in [0.3, 0.4) is 0 Å². The molecule has 3 saturated carbocycles. The van der Waals surface area contributed by atoms with Crippen LogP contribution in [0, 0.1) is 35.0 Å². The van der Waals surface area contributed by atoms with Gasteiger partial charge in [-0.25, -0.2) is 0 Å². The van der Waals surface area contributed by atoms with Crippen LogP contribution in [0.15, 0.2) is 0 Å². The zero-order valence-electron chi connectivity index (χ0n) is 6.39. The average molecular weight is 122 g/mol. The second-order valence-corrected chi connectivity index (χ2v) is 4.49. The van der Waals surface area contributed by atoms with Crippen LogP contribution >= 0.6 is 0 Å². The van der Waals surface area contributed by atoms with Crippen molar-refractivity contribution in [3.05, 3.63) is 0 Å². The Hall–Kier alpha value is 0. The van der Waals surface area contributed by atoms with Crippen LogP contribution in [0.25, 0.3) is 0 Å². The molecule has 3 fully saturated rings. The van der Waals surface area contributed by atoms with Gasteiger partial charge in [-0.3, -0.25) is 0 Å². The minimum Gasteiger partial charge on any atom is -0.0619 e. The van der Waals surface area contributed by atoms with Crippen molar-refractivity contribution in [2.75, 3.05) is 0 Å². The molecule has 0 heterocycles. The van der Waals surface area contributed by atoms with Gasteiger partial charge in [-0.1, -0.05) is 20.8 Å². The van der Waals surface area contributed by atoms with E-state index < -0.39 is 0 Å². The van der Waals surface area contributed by atoms with Gasteiger partial charge < -0.3 is 0 Å². The van der Waals surface area contributed by atoms with Gasteiger partial charge in [0.1, 0.15) is 0 Å². The van der Waals surface area contributed by atoms with Crippen molar-refractivity contribution in [3.63, 3.8) is 0 Å². The molecule has 3 aliphatic rings. The molecule has 1 spiro atoms. The van der Waals surface area contributed by atoms with E-state index >= 15 is 0 Å². The monoisotopic (exact) mass is 122 g/mol. The lowest BCUT2D eigenvalue weighted by Gasteiger charge is -2.03. The third kappa shape index (κ3) is 0.249. The fourth-order valence-electron chi connectivity index (χ4n) is 3.79. The van der Waals surface area contributed by atoms with Crippen molar-refractivity contribution in [2.24, 2.45) is 35.0 Å². The molecule has 50 valence electrons. The summed E-state index contributed by atoms with van der Waals surface area (Å²) < 4.78 is 0. The molecule has 0 aromatic carbocycles. The minimum atomic E-state index is 0.944. The van der Waals surface area contributed by atoms with E-state index in [0.717, 1.165) is 23.2 Å². The van der Waals surface area contributed by atoms with Crippen LogP contribution in [-0.2, 0) is 0 Å². The lowest BCUT2D eigenvalue weighted by molar-refractivity contribution is 0.440. The minimum absolute atomic E-state index is 0.944. The van der Waals surface area contributed by atoms with Gasteiger partial charge in [-0.05, 0) is 35.0 Å². The van der Waals surface area contributed by atoms with E-state index in [1.165, 1.54) is 11.8 Å². The first-order valence-electron chi connectivity index (χ1n) is 4.22. The summed E-state index contributed by atoms with van der Waals surface area (Å²) in [5.41, 5.74) is 0.944. The molecule has 4 atom stereocenters. The van der Waals surface area contributed by atoms with Gasteiger partial charge in [0.25, 0.3) is 0 Å². The van der Waals surface area contributed by atoms with Gasteiger partial charge >= 0.3 is 0 Å².